The van der Waals surface area contributed by atoms with Gasteiger partial charge in [0.2, 0.25) is 0 Å². The van der Waals surface area contributed by atoms with Crippen molar-refractivity contribution in [3.8, 4) is 0 Å². The molecule has 0 aliphatic rings. The number of aromatic nitrogens is 1. The number of guanidine groups is 1. The number of hydrogen-bond acceptors (Lipinski definition) is 3. The van der Waals surface area contributed by atoms with E-state index in [4.69, 9.17) is 0 Å². The largest absolute Gasteiger partial charge is 0.356 e. The number of nitrogens with zero attached hydrogens (tertiary/aromatic N) is 2. The lowest BCUT2D eigenvalue weighted by Gasteiger charge is -2.25. The topological polar surface area (TPSA) is 49.3 Å². The van der Waals surface area contributed by atoms with Crippen LogP contribution in [0.5, 0.6) is 0 Å². The molecule has 0 atom stereocenters. The van der Waals surface area contributed by atoms with E-state index in [1.54, 1.807) is 18.4 Å². The van der Waals surface area contributed by atoms with Gasteiger partial charge in [-0.15, -0.1) is 35.3 Å². The maximum Gasteiger partial charge on any atom is 0.191 e. The van der Waals surface area contributed by atoms with Crippen LogP contribution >= 0.6 is 35.3 Å². The molecule has 1 aromatic carbocycles. The van der Waals surface area contributed by atoms with E-state index in [9.17, 15) is 0 Å². The van der Waals surface area contributed by atoms with Gasteiger partial charge in [-0.25, -0.2) is 0 Å². The van der Waals surface area contributed by atoms with Crippen molar-refractivity contribution in [1.82, 2.24) is 15.6 Å². The van der Waals surface area contributed by atoms with Crippen molar-refractivity contribution >= 4 is 52.2 Å². The predicted molar refractivity (Wildman–Crippen MR) is 123 cm³/mol. The van der Waals surface area contributed by atoms with Crippen molar-refractivity contribution in [3.63, 3.8) is 0 Å². The molecular formula is C20H25IN4S. The fraction of sp³-hybridized carbons (Fsp3) is 0.300. The van der Waals surface area contributed by atoms with E-state index in [1.165, 1.54) is 15.8 Å². The molecule has 3 aromatic rings. The zero-order valence-electron chi connectivity index (χ0n) is 15.3. The van der Waals surface area contributed by atoms with Crippen molar-refractivity contribution in [2.45, 2.75) is 25.8 Å². The van der Waals surface area contributed by atoms with E-state index in [2.05, 4.69) is 64.1 Å². The molecule has 26 heavy (non-hydrogen) atoms. The SMILES string of the molecule is CN=C(NCc1ccnc2ccccc12)NCC(C)(C)c1cccs1.I. The molecule has 138 valence electrons. The standard InChI is InChI=1S/C20H24N4S.HI/c1-20(2,18-9-6-12-25-18)14-24-19(21-3)23-13-15-10-11-22-17-8-5-4-7-16(15)17;/h4-12H,13-14H2,1-3H3,(H2,21,23,24);1H. The third kappa shape index (κ3) is 4.94. The highest BCUT2D eigenvalue weighted by atomic mass is 127. The zero-order chi connectivity index (χ0) is 17.7. The predicted octanol–water partition coefficient (Wildman–Crippen LogP) is 4.56. The first-order chi connectivity index (χ1) is 12.1. The Kier molecular flexibility index (Phi) is 7.40. The van der Waals surface area contributed by atoms with Crippen LogP contribution in [0.4, 0.5) is 0 Å². The van der Waals surface area contributed by atoms with Gasteiger partial charge in [-0.2, -0.15) is 0 Å². The van der Waals surface area contributed by atoms with Crippen LogP contribution < -0.4 is 10.6 Å². The summed E-state index contributed by atoms with van der Waals surface area (Å²) in [5.74, 6) is 0.811. The maximum atomic E-state index is 4.41. The Hall–Kier alpha value is -1.67. The second kappa shape index (κ2) is 9.32. The van der Waals surface area contributed by atoms with Crippen molar-refractivity contribution in [3.05, 3.63) is 64.5 Å². The first kappa shape index (κ1) is 20.6. The lowest BCUT2D eigenvalue weighted by atomic mass is 9.91. The summed E-state index contributed by atoms with van der Waals surface area (Å²) in [4.78, 5) is 10.1. The fourth-order valence-electron chi connectivity index (χ4n) is 2.76. The maximum absolute atomic E-state index is 4.41. The molecule has 4 nitrogen and oxygen atoms in total. The summed E-state index contributed by atoms with van der Waals surface area (Å²) in [7, 11) is 1.80. The zero-order valence-corrected chi connectivity index (χ0v) is 18.5. The number of hydrogen-bond donors (Lipinski definition) is 2. The van der Waals surface area contributed by atoms with Crippen molar-refractivity contribution in [2.24, 2.45) is 4.99 Å². The summed E-state index contributed by atoms with van der Waals surface area (Å²) in [5, 5.41) is 10.2. The number of halogens is 1. The van der Waals surface area contributed by atoms with E-state index in [1.807, 2.05) is 24.4 Å². The normalized spacial score (nSPS) is 11.9. The molecule has 2 aromatic heterocycles. The minimum absolute atomic E-state index is 0. The molecule has 0 spiro atoms. The molecule has 0 fully saturated rings. The van der Waals surface area contributed by atoms with Gasteiger partial charge < -0.3 is 10.6 Å². The van der Waals surface area contributed by atoms with E-state index in [0.29, 0.717) is 6.54 Å². The summed E-state index contributed by atoms with van der Waals surface area (Å²) < 4.78 is 0. The number of thiophene rings is 1. The number of rotatable bonds is 5. The molecule has 0 radical (unpaired) electrons. The number of pyridine rings is 1. The fourth-order valence-corrected chi connectivity index (χ4v) is 3.62. The Morgan fingerprint density at radius 3 is 2.65 bits per heavy atom. The summed E-state index contributed by atoms with van der Waals surface area (Å²) in [6, 6.07) is 14.5. The number of para-hydroxylation sites is 1. The van der Waals surface area contributed by atoms with Crippen LogP contribution in [0, 0.1) is 0 Å². The number of fused-ring (bicyclic) bond motifs is 1. The van der Waals surface area contributed by atoms with E-state index in [-0.39, 0.29) is 29.4 Å². The molecular weight excluding hydrogens is 455 g/mol. The van der Waals surface area contributed by atoms with Gasteiger partial charge in [0.05, 0.1) is 5.52 Å². The van der Waals surface area contributed by atoms with Gasteiger partial charge in [0.15, 0.2) is 5.96 Å². The van der Waals surface area contributed by atoms with Gasteiger partial charge in [0, 0.05) is 42.0 Å². The Labute approximate surface area is 176 Å². The quantitative estimate of drug-likeness (QED) is 0.320. The van der Waals surface area contributed by atoms with Gasteiger partial charge in [-0.05, 0) is 29.1 Å². The lowest BCUT2D eigenvalue weighted by molar-refractivity contribution is 0.518. The summed E-state index contributed by atoms with van der Waals surface area (Å²) in [6.45, 7) is 6.03. The summed E-state index contributed by atoms with van der Waals surface area (Å²) in [6.07, 6.45) is 1.86. The molecule has 0 saturated carbocycles. The molecule has 3 rings (SSSR count). The van der Waals surface area contributed by atoms with Gasteiger partial charge in [-0.3, -0.25) is 9.98 Å². The Morgan fingerprint density at radius 1 is 1.12 bits per heavy atom. The van der Waals surface area contributed by atoms with Gasteiger partial charge in [-0.1, -0.05) is 38.1 Å². The van der Waals surface area contributed by atoms with Crippen molar-refractivity contribution in [1.29, 1.82) is 0 Å². The van der Waals surface area contributed by atoms with Crippen molar-refractivity contribution in [2.75, 3.05) is 13.6 Å². The molecule has 0 bridgehead atoms. The first-order valence-corrected chi connectivity index (χ1v) is 9.29. The second-order valence-electron chi connectivity index (χ2n) is 6.63. The Bertz CT molecular complexity index is 854. The highest BCUT2D eigenvalue weighted by molar-refractivity contribution is 14.0. The van der Waals surface area contributed by atoms with Gasteiger partial charge in [0.25, 0.3) is 0 Å². The third-order valence-corrected chi connectivity index (χ3v) is 5.53. The van der Waals surface area contributed by atoms with Crippen LogP contribution in [0.2, 0.25) is 0 Å². The minimum Gasteiger partial charge on any atom is -0.356 e. The molecule has 0 saturated heterocycles. The van der Waals surface area contributed by atoms with E-state index in [0.717, 1.165) is 18.0 Å². The average molecular weight is 480 g/mol. The molecule has 0 amide bonds. The highest BCUT2D eigenvalue weighted by Crippen LogP contribution is 2.26. The second-order valence-corrected chi connectivity index (χ2v) is 7.58. The minimum atomic E-state index is 0. The molecule has 6 heteroatoms. The van der Waals surface area contributed by atoms with Crippen LogP contribution in [0.3, 0.4) is 0 Å². The Morgan fingerprint density at radius 2 is 1.92 bits per heavy atom. The van der Waals surface area contributed by atoms with Crippen LogP contribution in [0.15, 0.2) is 59.0 Å². The molecule has 2 N–H and O–H groups in total. The van der Waals surface area contributed by atoms with Crippen LogP contribution in [-0.4, -0.2) is 24.5 Å². The molecule has 0 aliphatic heterocycles. The van der Waals surface area contributed by atoms with Gasteiger partial charge in [0.1, 0.15) is 0 Å². The molecule has 2 heterocycles. The highest BCUT2D eigenvalue weighted by Gasteiger charge is 2.21. The monoisotopic (exact) mass is 480 g/mol. The average Bonchev–Trinajstić information content (AvgIpc) is 3.17. The number of aliphatic imine (C=N–C) groups is 1. The van der Waals surface area contributed by atoms with Crippen molar-refractivity contribution < 1.29 is 0 Å². The first-order valence-electron chi connectivity index (χ1n) is 8.41. The molecule has 0 unspecified atom stereocenters. The summed E-state index contributed by atoms with van der Waals surface area (Å²) in [5.41, 5.74) is 2.30. The Balaban J connectivity index is 0.00000243. The number of nitrogens with one attached hydrogen (secondary N) is 2. The lowest BCUT2D eigenvalue weighted by Crippen LogP contribution is -2.42. The van der Waals surface area contributed by atoms with E-state index >= 15 is 0 Å². The van der Waals surface area contributed by atoms with E-state index < -0.39 is 0 Å². The van der Waals surface area contributed by atoms with Crippen LogP contribution in [0.25, 0.3) is 10.9 Å². The number of benzene rings is 1. The van der Waals surface area contributed by atoms with Crippen LogP contribution in [0.1, 0.15) is 24.3 Å². The third-order valence-electron chi connectivity index (χ3n) is 4.30. The smallest absolute Gasteiger partial charge is 0.191 e. The van der Waals surface area contributed by atoms with Crippen LogP contribution in [-0.2, 0) is 12.0 Å². The molecule has 0 aliphatic carbocycles. The van der Waals surface area contributed by atoms with Gasteiger partial charge >= 0.3 is 0 Å². The summed E-state index contributed by atoms with van der Waals surface area (Å²) >= 11 is 1.79.